The fourth-order valence-electron chi connectivity index (χ4n) is 2.58. The van der Waals surface area contributed by atoms with Crippen LogP contribution in [0.3, 0.4) is 0 Å². The van der Waals surface area contributed by atoms with Gasteiger partial charge in [-0.15, -0.1) is 0 Å². The Kier molecular flexibility index (Phi) is 3.73. The van der Waals surface area contributed by atoms with E-state index in [0.29, 0.717) is 0 Å². The van der Waals surface area contributed by atoms with Gasteiger partial charge in [0.15, 0.2) is 0 Å². The number of hydrogen-bond acceptors (Lipinski definition) is 2. The predicted molar refractivity (Wildman–Crippen MR) is 71.1 cm³/mol. The molecule has 2 rings (SSSR count). The molecule has 1 saturated carbocycles. The van der Waals surface area contributed by atoms with Crippen molar-refractivity contribution in [3.63, 3.8) is 0 Å². The average molecular weight is 294 g/mol. The van der Waals surface area contributed by atoms with Gasteiger partial charge in [0, 0.05) is 0 Å². The highest BCUT2D eigenvalue weighted by Gasteiger charge is 2.34. The van der Waals surface area contributed by atoms with Crippen molar-refractivity contribution in [2.45, 2.75) is 37.5 Å². The summed E-state index contributed by atoms with van der Waals surface area (Å²) in [6, 6.07) is 8.54. The van der Waals surface area contributed by atoms with Crippen LogP contribution in [0.1, 0.15) is 37.7 Å². The lowest BCUT2D eigenvalue weighted by Gasteiger charge is -2.31. The van der Waals surface area contributed by atoms with Crippen molar-refractivity contribution in [1.82, 2.24) is 0 Å². The van der Waals surface area contributed by atoms with E-state index < -0.39 is 0 Å². The van der Waals surface area contributed by atoms with Gasteiger partial charge in [0.2, 0.25) is 0 Å². The summed E-state index contributed by atoms with van der Waals surface area (Å²) in [5, 5.41) is 9.52. The number of benzene rings is 1. The molecule has 1 aromatic rings. The summed E-state index contributed by atoms with van der Waals surface area (Å²) in [6.45, 7) is 0. The SMILES string of the molecule is COc1ccc(C2(C#N)CCCCC2)cc1Br. The summed E-state index contributed by atoms with van der Waals surface area (Å²) >= 11 is 3.49. The molecule has 0 amide bonds. The van der Waals surface area contributed by atoms with Crippen LogP contribution in [0.25, 0.3) is 0 Å². The minimum Gasteiger partial charge on any atom is -0.496 e. The third-order valence-electron chi connectivity index (χ3n) is 3.63. The van der Waals surface area contributed by atoms with Gasteiger partial charge in [-0.3, -0.25) is 0 Å². The predicted octanol–water partition coefficient (Wildman–Crippen LogP) is 4.18. The quantitative estimate of drug-likeness (QED) is 0.819. The molecule has 0 aliphatic heterocycles. The topological polar surface area (TPSA) is 33.0 Å². The molecule has 1 fully saturated rings. The van der Waals surface area contributed by atoms with Crippen LogP contribution >= 0.6 is 15.9 Å². The second-order valence-corrected chi connectivity index (χ2v) is 5.46. The molecule has 90 valence electrons. The zero-order valence-corrected chi connectivity index (χ0v) is 11.6. The monoisotopic (exact) mass is 293 g/mol. The standard InChI is InChI=1S/C14H16BrNO/c1-17-13-6-5-11(9-12(13)15)14(10-16)7-3-2-4-8-14/h5-6,9H,2-4,7-8H2,1H3. The highest BCUT2D eigenvalue weighted by atomic mass is 79.9. The molecule has 1 aliphatic rings. The Morgan fingerprint density at radius 2 is 2.00 bits per heavy atom. The molecule has 2 nitrogen and oxygen atoms in total. The molecule has 0 aromatic heterocycles. The van der Waals surface area contributed by atoms with E-state index in [-0.39, 0.29) is 5.41 Å². The third kappa shape index (κ3) is 2.32. The van der Waals surface area contributed by atoms with Crippen molar-refractivity contribution in [3.05, 3.63) is 28.2 Å². The van der Waals surface area contributed by atoms with Gasteiger partial charge in [0.25, 0.3) is 0 Å². The lowest BCUT2D eigenvalue weighted by atomic mass is 9.70. The van der Waals surface area contributed by atoms with Gasteiger partial charge in [-0.25, -0.2) is 0 Å². The molecule has 0 unspecified atom stereocenters. The maximum Gasteiger partial charge on any atom is 0.133 e. The Morgan fingerprint density at radius 3 is 2.53 bits per heavy atom. The van der Waals surface area contributed by atoms with Crippen molar-refractivity contribution < 1.29 is 4.74 Å². The summed E-state index contributed by atoms with van der Waals surface area (Å²) in [5.74, 6) is 0.817. The highest BCUT2D eigenvalue weighted by Crippen LogP contribution is 2.41. The summed E-state index contributed by atoms with van der Waals surface area (Å²) < 4.78 is 6.15. The lowest BCUT2D eigenvalue weighted by Crippen LogP contribution is -2.27. The van der Waals surface area contributed by atoms with Crippen molar-refractivity contribution in [2.24, 2.45) is 0 Å². The van der Waals surface area contributed by atoms with E-state index >= 15 is 0 Å². The normalized spacial score (nSPS) is 18.4. The Bertz CT molecular complexity index is 444. The summed E-state index contributed by atoms with van der Waals surface area (Å²) in [6.07, 6.45) is 5.50. The van der Waals surface area contributed by atoms with Gasteiger partial charge in [-0.05, 0) is 46.5 Å². The van der Waals surface area contributed by atoms with Crippen molar-refractivity contribution >= 4 is 15.9 Å². The van der Waals surface area contributed by atoms with E-state index in [1.54, 1.807) is 7.11 Å². The van der Waals surface area contributed by atoms with Crippen LogP contribution in [0, 0.1) is 11.3 Å². The first-order chi connectivity index (χ1) is 8.22. The second kappa shape index (κ2) is 5.10. The zero-order chi connectivity index (χ0) is 12.3. The third-order valence-corrected chi connectivity index (χ3v) is 4.25. The Morgan fingerprint density at radius 1 is 1.29 bits per heavy atom. The first kappa shape index (κ1) is 12.4. The summed E-state index contributed by atoms with van der Waals surface area (Å²) in [7, 11) is 1.65. The second-order valence-electron chi connectivity index (χ2n) is 4.60. The number of halogens is 1. The number of ether oxygens (including phenoxy) is 1. The molecule has 0 atom stereocenters. The fraction of sp³-hybridized carbons (Fsp3) is 0.500. The molecule has 3 heteroatoms. The van der Waals surface area contributed by atoms with Crippen LogP contribution < -0.4 is 4.74 Å². The molecule has 1 aliphatic carbocycles. The first-order valence-electron chi connectivity index (χ1n) is 5.97. The van der Waals surface area contributed by atoms with E-state index in [2.05, 4.69) is 22.0 Å². The summed E-state index contributed by atoms with van der Waals surface area (Å²) in [4.78, 5) is 0. The van der Waals surface area contributed by atoms with Crippen LogP contribution in [0.15, 0.2) is 22.7 Å². The van der Waals surface area contributed by atoms with Crippen LogP contribution in [0.2, 0.25) is 0 Å². The number of methoxy groups -OCH3 is 1. The van der Waals surface area contributed by atoms with E-state index in [1.807, 2.05) is 18.2 Å². The van der Waals surface area contributed by atoms with Crippen LogP contribution in [-0.2, 0) is 5.41 Å². The molecule has 0 spiro atoms. The van der Waals surface area contributed by atoms with Crippen molar-refractivity contribution in [3.8, 4) is 11.8 Å². The highest BCUT2D eigenvalue weighted by molar-refractivity contribution is 9.10. The van der Waals surface area contributed by atoms with Gasteiger partial charge in [0.1, 0.15) is 5.75 Å². The molecule has 0 N–H and O–H groups in total. The Balaban J connectivity index is 2.38. The van der Waals surface area contributed by atoms with Gasteiger partial charge >= 0.3 is 0 Å². The van der Waals surface area contributed by atoms with Crippen LogP contribution in [0.5, 0.6) is 5.75 Å². The van der Waals surface area contributed by atoms with E-state index in [0.717, 1.165) is 41.5 Å². The minimum atomic E-state index is -0.285. The molecule has 1 aromatic carbocycles. The van der Waals surface area contributed by atoms with Crippen LogP contribution in [-0.4, -0.2) is 7.11 Å². The number of rotatable bonds is 2. The van der Waals surface area contributed by atoms with Crippen LogP contribution in [0.4, 0.5) is 0 Å². The largest absolute Gasteiger partial charge is 0.496 e. The lowest BCUT2D eigenvalue weighted by molar-refractivity contribution is 0.364. The minimum absolute atomic E-state index is 0.285. The molecular weight excluding hydrogens is 278 g/mol. The number of nitrogens with zero attached hydrogens (tertiary/aromatic N) is 1. The smallest absolute Gasteiger partial charge is 0.133 e. The number of nitriles is 1. The number of hydrogen-bond donors (Lipinski definition) is 0. The first-order valence-corrected chi connectivity index (χ1v) is 6.76. The average Bonchev–Trinajstić information content (AvgIpc) is 2.39. The molecule has 0 saturated heterocycles. The van der Waals surface area contributed by atoms with E-state index in [4.69, 9.17) is 4.74 Å². The Hall–Kier alpha value is -1.01. The molecular formula is C14H16BrNO. The van der Waals surface area contributed by atoms with Crippen molar-refractivity contribution in [2.75, 3.05) is 7.11 Å². The fourth-order valence-corrected chi connectivity index (χ4v) is 3.13. The Labute approximate surface area is 111 Å². The molecule has 0 heterocycles. The molecule has 17 heavy (non-hydrogen) atoms. The van der Waals surface area contributed by atoms with Gasteiger partial charge in [-0.2, -0.15) is 5.26 Å². The molecule has 0 bridgehead atoms. The molecule has 0 radical (unpaired) electrons. The van der Waals surface area contributed by atoms with Gasteiger partial charge in [-0.1, -0.05) is 25.3 Å². The maximum absolute atomic E-state index is 9.52. The van der Waals surface area contributed by atoms with Crippen molar-refractivity contribution in [1.29, 1.82) is 5.26 Å². The van der Waals surface area contributed by atoms with Gasteiger partial charge < -0.3 is 4.74 Å². The summed E-state index contributed by atoms with van der Waals surface area (Å²) in [5.41, 5.74) is 0.833. The van der Waals surface area contributed by atoms with E-state index in [9.17, 15) is 5.26 Å². The zero-order valence-electron chi connectivity index (χ0n) is 10.0. The van der Waals surface area contributed by atoms with Gasteiger partial charge in [0.05, 0.1) is 23.1 Å². The maximum atomic E-state index is 9.52. The van der Waals surface area contributed by atoms with E-state index in [1.165, 1.54) is 6.42 Å².